The number of anilines is 8. The number of nitrogens with one attached hydrogen (secondary N) is 4. The van der Waals surface area contributed by atoms with Crippen molar-refractivity contribution in [1.82, 2.24) is 29.9 Å². The van der Waals surface area contributed by atoms with Gasteiger partial charge in [-0.05, 0) is 164 Å². The van der Waals surface area contributed by atoms with Crippen LogP contribution >= 0.6 is 46.9 Å². The Bertz CT molecular complexity index is 6930. The highest BCUT2D eigenvalue weighted by atomic mass is 31.3. The van der Waals surface area contributed by atoms with Gasteiger partial charge in [0.1, 0.15) is 65.7 Å². The first-order valence-corrected chi connectivity index (χ1v) is 54.1. The molecule has 4 aromatic carbocycles. The van der Waals surface area contributed by atoms with Crippen LogP contribution in [0.25, 0.3) is 69.2 Å². The number of aliphatic hydroxyl groups excluding tert-OH is 6. The van der Waals surface area contributed by atoms with Crippen LogP contribution in [0.3, 0.4) is 0 Å². The lowest BCUT2D eigenvalue weighted by Crippen LogP contribution is -2.33. The molecule has 6 aliphatic rings. The molecular formula is C89H116N12O33P6. The Morgan fingerprint density at radius 1 is 0.371 bits per heavy atom. The maximum atomic E-state index is 13.0. The van der Waals surface area contributed by atoms with Crippen molar-refractivity contribution in [2.24, 2.45) is 17.8 Å². The van der Waals surface area contributed by atoms with E-state index in [1.54, 1.807) is 32.9 Å². The quantitative estimate of drug-likeness (QED) is 0.0144. The zero-order valence-electron chi connectivity index (χ0n) is 78.0. The summed E-state index contributed by atoms with van der Waals surface area (Å²) in [6.07, 6.45) is -9.09. The van der Waals surface area contributed by atoms with Crippen LogP contribution in [0.4, 0.5) is 45.8 Å². The zero-order valence-corrected chi connectivity index (χ0v) is 83.4. The van der Waals surface area contributed by atoms with Crippen molar-refractivity contribution in [3.8, 4) is 0 Å². The first kappa shape index (κ1) is 108. The van der Waals surface area contributed by atoms with E-state index in [-0.39, 0.29) is 12.2 Å². The van der Waals surface area contributed by atoms with Crippen LogP contribution in [0.15, 0.2) is 119 Å². The van der Waals surface area contributed by atoms with Gasteiger partial charge in [-0.25, -0.2) is 47.3 Å². The zero-order chi connectivity index (χ0) is 102. The van der Waals surface area contributed by atoms with Crippen LogP contribution in [0.5, 0.6) is 0 Å². The van der Waals surface area contributed by atoms with Crippen LogP contribution in [0.1, 0.15) is 134 Å². The maximum Gasteiger partial charge on any atom is 0.490 e. The fourth-order valence-corrected chi connectivity index (χ4v) is 22.7. The standard InChI is InChI=1S/C23H32N3O12P3.C22H29N3O10P2.C22H28N3O7P.C22H27N3O4/c1-5-26(6-2)17-8-7-15-9-16-10-18(14(4)24-23(16)25-19(15)11-17)22-13(3)21(27)20(36-22)12-35-40(31,32)38-41(33,34)37-39(28,29)30;1-4-25(5-2)15-7-6-13-8-14-9-16(22(27)24-21(14)23-17(13)10-15)20-12(3)19(26)18(34-20)11-33-37(31,32)35-36(28,29)30;1-4-25(5-2)15-7-6-13-8-14-9-16(22(27)24-21(14)23-17(13)10-15)20-12(3)19(26)18(32-20)11-31-33(28,29)30;1-4-25(5-2)15-7-6-13-8-14-9-16(12(3)23-22(14)24-17(13)10-15)21-20(28)19(27)18(11-26)29-21/h7-11,13,20-22,27H,4-6,12H2,1-3H3,(H,24,25)(H,31,32)(H,33,34)(H2,28,29,30);6-10,12,18-20,26H,4-5,11H2,1-3H3,(H,31,32)(H,23,24,27)(H2,28,29,30);6-10,12,18-20,26H,4-5,11H2,1-3H3,(H,23,24,27)(H2,28,29,30);6-10,18-21,26-28H,3-5,11H2,1-2H3,(H,23,24)/t13?,20-,21-,22-;2*12?,18-,19-,20-;18-,19+,20?,21+/m1111/s1. The summed E-state index contributed by atoms with van der Waals surface area (Å²) >= 11 is 0. The number of hydrogen-bond acceptors (Lipinski definition) is 34. The molecule has 12 heterocycles. The molecule has 10 aromatic rings. The van der Waals surface area contributed by atoms with Gasteiger partial charge in [-0.1, -0.05) is 58.2 Å². The number of phosphoric acid groups is 6. The highest BCUT2D eigenvalue weighted by molar-refractivity contribution is 7.66. The normalized spacial score (nSPS) is 24.3. The Hall–Kier alpha value is -8.92. The molecule has 0 amide bonds. The molecule has 6 aromatic heterocycles. The molecule has 140 heavy (non-hydrogen) atoms. The molecule has 760 valence electrons. The maximum absolute atomic E-state index is 13.0. The average molecular weight is 2070 g/mol. The molecule has 16 rings (SSSR count). The number of hydrogen-bond donors (Lipinski definition) is 19. The molecule has 51 heteroatoms. The number of benzene rings is 4. The lowest BCUT2D eigenvalue weighted by molar-refractivity contribution is -0.0231. The van der Waals surface area contributed by atoms with Gasteiger partial charge in [-0.2, -0.15) is 12.9 Å². The van der Waals surface area contributed by atoms with Crippen molar-refractivity contribution < 1.29 is 148 Å². The predicted molar refractivity (Wildman–Crippen MR) is 520 cm³/mol. The third-order valence-corrected chi connectivity index (χ3v) is 31.5. The summed E-state index contributed by atoms with van der Waals surface area (Å²) in [6.45, 7) is 34.6. The van der Waals surface area contributed by atoms with E-state index in [1.807, 2.05) is 84.9 Å². The molecule has 7 unspecified atom stereocenters. The molecule has 0 saturated carbocycles. The van der Waals surface area contributed by atoms with Crippen LogP contribution in [0, 0.1) is 17.8 Å². The first-order chi connectivity index (χ1) is 65.9. The van der Waals surface area contributed by atoms with Crippen molar-refractivity contribution in [2.75, 3.05) is 109 Å². The molecule has 0 radical (unpaired) electrons. The molecule has 4 saturated heterocycles. The summed E-state index contributed by atoms with van der Waals surface area (Å²) in [6, 6.07) is 35.2. The van der Waals surface area contributed by atoms with E-state index in [0.29, 0.717) is 61.1 Å². The van der Waals surface area contributed by atoms with Crippen molar-refractivity contribution in [1.29, 1.82) is 0 Å². The van der Waals surface area contributed by atoms with E-state index in [9.17, 15) is 82.3 Å². The van der Waals surface area contributed by atoms with Crippen LogP contribution < -0.4 is 62.5 Å². The van der Waals surface area contributed by atoms with Gasteiger partial charge in [-0.3, -0.25) is 23.2 Å². The molecule has 0 bridgehead atoms. The Morgan fingerprint density at radius 2 is 0.707 bits per heavy atom. The average Bonchev–Trinajstić information content (AvgIpc) is 1.45. The van der Waals surface area contributed by atoms with E-state index >= 15 is 0 Å². The van der Waals surface area contributed by atoms with Crippen LogP contribution in [0.2, 0.25) is 0 Å². The minimum atomic E-state index is -5.67. The minimum absolute atomic E-state index is 0.223. The topological polar surface area (TPSA) is 652 Å². The van der Waals surface area contributed by atoms with E-state index < -0.39 is 175 Å². The second kappa shape index (κ2) is 44.3. The molecule has 0 aliphatic carbocycles. The van der Waals surface area contributed by atoms with Gasteiger partial charge in [0, 0.05) is 158 Å². The van der Waals surface area contributed by atoms with Gasteiger partial charge < -0.3 is 134 Å². The van der Waals surface area contributed by atoms with Crippen molar-refractivity contribution in [2.45, 2.75) is 156 Å². The second-order valence-electron chi connectivity index (χ2n) is 34.0. The number of pyridine rings is 6. The van der Waals surface area contributed by atoms with Gasteiger partial charge in [0.2, 0.25) is 0 Å². The SMILES string of the molecule is C=c1nc2c(cc1[C@@H]1O[C@H](CO)[C@H](O)C1O)=Cc1ccc(N(CC)CC)cc1N2.C=c1nc2c(cc1[C@@H]1O[C@H](COP(=O)(O)OP(=O)(O)OP(=O)(O)O)[C@H](O)C1C)=Cc1ccc(N(CC)CC)cc1N2.CCN(CC)c1ccc2cc3cc([C@@H]4O[C@H](COP(=O)(O)O)[C@H](O)C4C)c(=O)[nH]c3nc2c1.CCN(CC)c1ccc2cc3cc([C@@H]4O[C@H](COP(=O)(O)OP(=O)(O)O)[C@H](O)C4C)c(=O)[nH]c3nc2c1. The number of aliphatic hydroxyl groups is 6. The summed E-state index contributed by atoms with van der Waals surface area (Å²) in [5, 5.41) is 73.9. The van der Waals surface area contributed by atoms with E-state index in [4.69, 9.17) is 48.3 Å². The summed E-state index contributed by atoms with van der Waals surface area (Å²) in [5.41, 5.74) is 11.4. The minimum Gasteiger partial charge on any atom is -0.394 e. The van der Waals surface area contributed by atoms with Crippen molar-refractivity contribution in [3.63, 3.8) is 0 Å². The predicted octanol–water partition coefficient (Wildman–Crippen LogP) is 7.44. The number of fused-ring (bicyclic) bond motifs is 8. The third-order valence-electron chi connectivity index (χ3n) is 25.1. The molecule has 19 atom stereocenters. The lowest BCUT2D eigenvalue weighted by Gasteiger charge is -2.24. The second-order valence-corrected chi connectivity index (χ2v) is 42.5. The monoisotopic (exact) mass is 2070 g/mol. The summed E-state index contributed by atoms with van der Waals surface area (Å²) in [4.78, 5) is 140. The fourth-order valence-electron chi connectivity index (χ4n) is 17.7. The highest BCUT2D eigenvalue weighted by Crippen LogP contribution is 2.67. The summed E-state index contributed by atoms with van der Waals surface area (Å²) < 4.78 is 116. The summed E-state index contributed by atoms with van der Waals surface area (Å²) in [5.74, 6) is -0.365. The summed E-state index contributed by atoms with van der Waals surface area (Å²) in [7, 11) is -31.7. The van der Waals surface area contributed by atoms with E-state index in [0.717, 1.165) is 130 Å². The van der Waals surface area contributed by atoms with Gasteiger partial charge in [-0.15, -0.1) is 0 Å². The van der Waals surface area contributed by atoms with Gasteiger partial charge >= 0.3 is 46.9 Å². The smallest absolute Gasteiger partial charge is 0.394 e. The molecule has 6 aliphatic heterocycles. The fraction of sp³-hybridized carbons (Fsp3) is 0.438. The van der Waals surface area contributed by atoms with Crippen LogP contribution in [-0.2, 0) is 72.8 Å². The van der Waals surface area contributed by atoms with Crippen LogP contribution in [-0.4, -0.2) is 238 Å². The number of phosphoric ester groups is 3. The Morgan fingerprint density at radius 3 is 1.06 bits per heavy atom. The number of ether oxygens (including phenoxy) is 4. The van der Waals surface area contributed by atoms with E-state index in [1.165, 1.54) is 0 Å². The van der Waals surface area contributed by atoms with Crippen molar-refractivity contribution in [3.05, 3.63) is 184 Å². The molecule has 0 spiro atoms. The number of H-pyrrole nitrogens is 2. The molecule has 4 fully saturated rings. The van der Waals surface area contributed by atoms with E-state index in [2.05, 4.69) is 179 Å². The van der Waals surface area contributed by atoms with Gasteiger partial charge in [0.25, 0.3) is 11.1 Å². The number of aromatic nitrogens is 6. The number of rotatable bonds is 32. The first-order valence-electron chi connectivity index (χ1n) is 45.0. The van der Waals surface area contributed by atoms with Gasteiger partial charge in [0.15, 0.2) is 0 Å². The Labute approximate surface area is 801 Å². The Kier molecular flexibility index (Phi) is 34.3. The highest BCUT2D eigenvalue weighted by Gasteiger charge is 2.50. The number of aromatic amines is 2. The largest absolute Gasteiger partial charge is 0.490 e. The lowest BCUT2D eigenvalue weighted by atomic mass is 9.93. The number of nitrogens with zero attached hydrogens (tertiary/aromatic N) is 8. The van der Waals surface area contributed by atoms with Gasteiger partial charge in [0.05, 0.1) is 84.8 Å². The Balaban J connectivity index is 0.000000158. The molecule has 45 nitrogen and oxygen atoms in total. The van der Waals surface area contributed by atoms with Crippen molar-refractivity contribution >= 4 is 162 Å². The molecular weight excluding hydrogens is 1950 g/mol. The molecule has 19 N–H and O–H groups in total. The third kappa shape index (κ3) is 25.3.